The van der Waals surface area contributed by atoms with E-state index in [2.05, 4.69) is 0 Å². The van der Waals surface area contributed by atoms with E-state index in [-0.39, 0.29) is 30.2 Å². The van der Waals surface area contributed by atoms with Gasteiger partial charge in [0.15, 0.2) is 18.1 Å². The molecule has 0 spiro atoms. The number of aliphatic carboxylic acids is 2. The summed E-state index contributed by atoms with van der Waals surface area (Å²) in [6.45, 7) is -0.540. The summed E-state index contributed by atoms with van der Waals surface area (Å²) in [5.74, 6) is -1.94. The van der Waals surface area contributed by atoms with Crippen LogP contribution in [0, 0.1) is 0 Å². The zero-order valence-corrected chi connectivity index (χ0v) is 13.9. The molecule has 0 bridgehead atoms. The number of nitrogens with two attached hydrogens (primary N) is 1. The zero-order valence-electron chi connectivity index (χ0n) is 13.0. The van der Waals surface area contributed by atoms with Crippen molar-refractivity contribution in [3.8, 4) is 11.5 Å². The molecule has 0 radical (unpaired) electrons. The third-order valence-electron chi connectivity index (χ3n) is 3.12. The first kappa shape index (κ1) is 20.0. The Balaban J connectivity index is 2.77. The van der Waals surface area contributed by atoms with Crippen molar-refractivity contribution < 1.29 is 38.7 Å². The Labute approximate surface area is 138 Å². The van der Waals surface area contributed by atoms with E-state index in [9.17, 15) is 19.0 Å². The lowest BCUT2D eigenvalue weighted by Crippen LogP contribution is -2.30. The van der Waals surface area contributed by atoms with Crippen LogP contribution in [0.25, 0.3) is 0 Å². The number of benzene rings is 1. The fraction of sp³-hybridized carbons (Fsp3) is 0.429. The third kappa shape index (κ3) is 6.57. The first-order valence-corrected chi connectivity index (χ1v) is 8.98. The maximum atomic E-state index is 12.2. The van der Waals surface area contributed by atoms with E-state index in [1.165, 1.54) is 25.3 Å². The van der Waals surface area contributed by atoms with Gasteiger partial charge in [0.2, 0.25) is 7.37 Å². The van der Waals surface area contributed by atoms with Crippen molar-refractivity contribution in [1.29, 1.82) is 0 Å². The summed E-state index contributed by atoms with van der Waals surface area (Å²) in [4.78, 5) is 31.1. The van der Waals surface area contributed by atoms with Crippen molar-refractivity contribution >= 4 is 19.3 Å². The van der Waals surface area contributed by atoms with Crippen LogP contribution in [0.5, 0.6) is 11.5 Å². The molecule has 9 nitrogen and oxygen atoms in total. The summed E-state index contributed by atoms with van der Waals surface area (Å²) in [6, 6.07) is 3.24. The fourth-order valence-corrected chi connectivity index (χ4v) is 3.50. The van der Waals surface area contributed by atoms with Gasteiger partial charge in [0, 0.05) is 12.3 Å². The van der Waals surface area contributed by atoms with Gasteiger partial charge in [-0.15, -0.1) is 0 Å². The van der Waals surface area contributed by atoms with Crippen molar-refractivity contribution in [3.63, 3.8) is 0 Å². The second-order valence-electron chi connectivity index (χ2n) is 5.13. The van der Waals surface area contributed by atoms with Crippen molar-refractivity contribution in [2.24, 2.45) is 5.73 Å². The summed E-state index contributed by atoms with van der Waals surface area (Å²) < 4.78 is 22.3. The average Bonchev–Trinajstić information content (AvgIpc) is 2.50. The fourth-order valence-electron chi connectivity index (χ4n) is 1.90. The standard InChI is InChI=1S/C14H20NO8P/c1-22-12-6-9(2-3-11(12)23-7-13(16)17)8-24(20,21)5-4-10(15)14(18)19/h2-3,6,10H,4-5,7-8,15H2,1H3,(H,16,17)(H,18,19)(H,20,21)/t10-/m0/s1. The van der Waals surface area contributed by atoms with Gasteiger partial charge < -0.3 is 30.3 Å². The first-order valence-electron chi connectivity index (χ1n) is 6.95. The van der Waals surface area contributed by atoms with Crippen molar-refractivity contribution in [3.05, 3.63) is 23.8 Å². The van der Waals surface area contributed by atoms with Gasteiger partial charge in [-0.3, -0.25) is 9.36 Å². The summed E-state index contributed by atoms with van der Waals surface area (Å²) in [6.07, 6.45) is -0.519. The molecule has 0 aliphatic carbocycles. The number of rotatable bonds is 10. The minimum absolute atomic E-state index is 0.111. The summed E-state index contributed by atoms with van der Waals surface area (Å²) >= 11 is 0. The van der Waals surface area contributed by atoms with Gasteiger partial charge in [0.05, 0.1) is 7.11 Å². The molecular formula is C14H20NO8P. The summed E-state index contributed by atoms with van der Waals surface area (Å²) in [5, 5.41) is 17.3. The Hall–Kier alpha value is -2.09. The molecule has 0 heterocycles. The molecule has 0 aliphatic heterocycles. The van der Waals surface area contributed by atoms with Crippen molar-refractivity contribution in [2.75, 3.05) is 19.9 Å². The Kier molecular flexibility index (Phi) is 7.21. The molecule has 1 aromatic rings. The highest BCUT2D eigenvalue weighted by Gasteiger charge is 2.23. The van der Waals surface area contributed by atoms with E-state index in [0.717, 1.165) is 0 Å². The second-order valence-corrected chi connectivity index (χ2v) is 7.59. The van der Waals surface area contributed by atoms with Gasteiger partial charge in [-0.2, -0.15) is 0 Å². The Bertz CT molecular complexity index is 648. The molecule has 10 heteroatoms. The van der Waals surface area contributed by atoms with Gasteiger partial charge in [-0.05, 0) is 24.1 Å². The minimum atomic E-state index is -3.62. The number of hydrogen-bond acceptors (Lipinski definition) is 6. The Morgan fingerprint density at radius 3 is 2.50 bits per heavy atom. The molecular weight excluding hydrogens is 341 g/mol. The van der Waals surface area contributed by atoms with E-state index < -0.39 is 32.0 Å². The molecule has 134 valence electrons. The van der Waals surface area contributed by atoms with E-state index >= 15 is 0 Å². The highest BCUT2D eigenvalue weighted by molar-refractivity contribution is 7.57. The second kappa shape index (κ2) is 8.68. The molecule has 0 fully saturated rings. The van der Waals surface area contributed by atoms with Crippen LogP contribution in [-0.4, -0.2) is 53.0 Å². The summed E-state index contributed by atoms with van der Waals surface area (Å²) in [5.41, 5.74) is 5.80. The maximum Gasteiger partial charge on any atom is 0.341 e. The normalized spacial score (nSPS) is 14.5. The Morgan fingerprint density at radius 1 is 1.29 bits per heavy atom. The molecule has 1 rings (SSSR count). The molecule has 2 atom stereocenters. The molecule has 1 unspecified atom stereocenters. The first-order chi connectivity index (χ1) is 11.1. The molecule has 1 aromatic carbocycles. The van der Waals surface area contributed by atoms with Crippen LogP contribution in [0.2, 0.25) is 0 Å². The highest BCUT2D eigenvalue weighted by atomic mass is 31.2. The molecule has 24 heavy (non-hydrogen) atoms. The molecule has 0 saturated heterocycles. The van der Waals surface area contributed by atoms with Crippen LogP contribution in [0.4, 0.5) is 0 Å². The number of carbonyl (C=O) groups is 2. The van der Waals surface area contributed by atoms with Gasteiger partial charge in [0.25, 0.3) is 0 Å². The van der Waals surface area contributed by atoms with Gasteiger partial charge >= 0.3 is 11.9 Å². The van der Waals surface area contributed by atoms with Crippen LogP contribution >= 0.6 is 7.37 Å². The lowest BCUT2D eigenvalue weighted by Gasteiger charge is -2.15. The Morgan fingerprint density at radius 2 is 1.96 bits per heavy atom. The van der Waals surface area contributed by atoms with Crippen LogP contribution < -0.4 is 15.2 Å². The zero-order chi connectivity index (χ0) is 18.3. The number of carboxylic acids is 2. The lowest BCUT2D eigenvalue weighted by molar-refractivity contribution is -0.139. The number of hydrogen-bond donors (Lipinski definition) is 4. The maximum absolute atomic E-state index is 12.2. The molecule has 5 N–H and O–H groups in total. The van der Waals surface area contributed by atoms with Gasteiger partial charge in [-0.1, -0.05) is 6.07 Å². The van der Waals surface area contributed by atoms with E-state index in [1.54, 1.807) is 0 Å². The number of methoxy groups -OCH3 is 1. The van der Waals surface area contributed by atoms with Crippen LogP contribution in [0.15, 0.2) is 18.2 Å². The van der Waals surface area contributed by atoms with E-state index in [1.807, 2.05) is 0 Å². The van der Waals surface area contributed by atoms with Crippen molar-refractivity contribution in [2.45, 2.75) is 18.6 Å². The number of carboxylic acid groups (broad SMARTS) is 2. The largest absolute Gasteiger partial charge is 0.493 e. The average molecular weight is 361 g/mol. The van der Waals surface area contributed by atoms with Crippen LogP contribution in [0.3, 0.4) is 0 Å². The molecule has 0 amide bonds. The SMILES string of the molecule is COc1cc(CP(=O)(O)CC[C@H](N)C(=O)O)ccc1OCC(=O)O. The predicted molar refractivity (Wildman–Crippen MR) is 84.7 cm³/mol. The van der Waals surface area contributed by atoms with Gasteiger partial charge in [-0.25, -0.2) is 4.79 Å². The smallest absolute Gasteiger partial charge is 0.341 e. The van der Waals surface area contributed by atoms with Crippen LogP contribution in [-0.2, 0) is 20.3 Å². The number of ether oxygens (including phenoxy) is 2. The van der Waals surface area contributed by atoms with E-state index in [0.29, 0.717) is 5.56 Å². The lowest BCUT2D eigenvalue weighted by atomic mass is 10.2. The van der Waals surface area contributed by atoms with E-state index in [4.69, 9.17) is 25.4 Å². The molecule has 0 aliphatic rings. The van der Waals surface area contributed by atoms with Crippen molar-refractivity contribution in [1.82, 2.24) is 0 Å². The molecule has 0 aromatic heterocycles. The minimum Gasteiger partial charge on any atom is -0.493 e. The highest BCUT2D eigenvalue weighted by Crippen LogP contribution is 2.46. The predicted octanol–water partition coefficient (Wildman–Crippen LogP) is 0.731. The molecule has 0 saturated carbocycles. The summed E-state index contributed by atoms with van der Waals surface area (Å²) in [7, 11) is -2.26. The third-order valence-corrected chi connectivity index (χ3v) is 4.93. The monoisotopic (exact) mass is 361 g/mol. The van der Waals surface area contributed by atoms with Gasteiger partial charge in [0.1, 0.15) is 6.04 Å². The van der Waals surface area contributed by atoms with Crippen LogP contribution in [0.1, 0.15) is 12.0 Å². The quantitative estimate of drug-likeness (QED) is 0.441. The topological polar surface area (TPSA) is 156 Å².